The second kappa shape index (κ2) is 2.75. The smallest absolute Gasteiger partial charge is 0.426 e. The minimum absolute atomic E-state index is 0.0229. The molecule has 1 saturated heterocycles. The molecule has 0 bridgehead atoms. The minimum Gasteiger partial charge on any atom is -0.426 e. The van der Waals surface area contributed by atoms with Crippen LogP contribution in [0.4, 0.5) is 4.79 Å². The molecule has 3 heteroatoms. The summed E-state index contributed by atoms with van der Waals surface area (Å²) in [5.41, 5.74) is -0.302. The highest BCUT2D eigenvalue weighted by Gasteiger charge is 2.56. The number of hydrogen-bond donors (Lipinski definition) is 0. The Kier molecular flexibility index (Phi) is 1.64. The normalized spacial score (nSPS) is 45.0. The van der Waals surface area contributed by atoms with Crippen LogP contribution in [0.25, 0.3) is 0 Å². The van der Waals surface area contributed by atoms with Gasteiger partial charge in [-0.2, -0.15) is 0 Å². The van der Waals surface area contributed by atoms with Crippen LogP contribution in [0.15, 0.2) is 12.2 Å². The highest BCUT2D eigenvalue weighted by molar-refractivity contribution is 5.64. The van der Waals surface area contributed by atoms with Gasteiger partial charge in [-0.3, -0.25) is 0 Å². The zero-order valence-corrected chi connectivity index (χ0v) is 8.07. The third-order valence-electron chi connectivity index (χ3n) is 3.74. The highest BCUT2D eigenvalue weighted by Crippen LogP contribution is 2.48. The molecule has 2 aliphatic carbocycles. The lowest BCUT2D eigenvalue weighted by Crippen LogP contribution is -2.49. The second-order valence-corrected chi connectivity index (χ2v) is 4.43. The van der Waals surface area contributed by atoms with Crippen LogP contribution in [0.5, 0.6) is 0 Å². The first-order valence-corrected chi connectivity index (χ1v) is 5.37. The predicted molar refractivity (Wildman–Crippen MR) is 49.8 cm³/mol. The molecule has 3 rings (SSSR count). The van der Waals surface area contributed by atoms with Crippen molar-refractivity contribution in [1.29, 1.82) is 0 Å². The average Bonchev–Trinajstić information content (AvgIpc) is 2.51. The molecule has 14 heavy (non-hydrogen) atoms. The van der Waals surface area contributed by atoms with Crippen molar-refractivity contribution in [3.8, 4) is 0 Å². The molecule has 3 aliphatic rings. The third-order valence-corrected chi connectivity index (χ3v) is 3.74. The quantitative estimate of drug-likeness (QED) is 0.439. The van der Waals surface area contributed by atoms with Crippen molar-refractivity contribution in [3.05, 3.63) is 12.2 Å². The van der Waals surface area contributed by atoms with Crippen LogP contribution in [0.2, 0.25) is 0 Å². The van der Waals surface area contributed by atoms with Crippen molar-refractivity contribution in [3.63, 3.8) is 0 Å². The predicted octanol–water partition coefficient (Wildman–Crippen LogP) is 2.41. The Bertz CT molecular complexity index is 297. The van der Waals surface area contributed by atoms with Gasteiger partial charge in [0.15, 0.2) is 5.60 Å². The standard InChI is InChI=1S/C11H14O3/c12-10-13-9-6-3-5-8-4-1-2-7-11(8,9)14-10/h3,5,8-9H,1-2,4,6-7H2/t8-,9-,11+/m1/s1. The minimum atomic E-state index is -0.467. The van der Waals surface area contributed by atoms with E-state index in [1.54, 1.807) is 0 Å². The van der Waals surface area contributed by atoms with Crippen LogP contribution in [-0.2, 0) is 9.47 Å². The van der Waals surface area contributed by atoms with Gasteiger partial charge in [0, 0.05) is 12.3 Å². The Hall–Kier alpha value is -0.990. The third kappa shape index (κ3) is 0.954. The number of carbonyl (C=O) groups excluding carboxylic acids is 1. The van der Waals surface area contributed by atoms with Crippen molar-refractivity contribution in [2.45, 2.75) is 43.8 Å². The molecule has 2 fully saturated rings. The summed E-state index contributed by atoms with van der Waals surface area (Å²) in [5, 5.41) is 0. The van der Waals surface area contributed by atoms with Crippen LogP contribution >= 0.6 is 0 Å². The topological polar surface area (TPSA) is 35.5 Å². The van der Waals surface area contributed by atoms with Gasteiger partial charge in [-0.05, 0) is 19.3 Å². The van der Waals surface area contributed by atoms with Crippen molar-refractivity contribution in [2.75, 3.05) is 0 Å². The Balaban J connectivity index is 1.98. The molecular weight excluding hydrogens is 180 g/mol. The van der Waals surface area contributed by atoms with Gasteiger partial charge in [0.1, 0.15) is 6.10 Å². The fourth-order valence-corrected chi connectivity index (χ4v) is 3.06. The molecule has 0 unspecified atom stereocenters. The van der Waals surface area contributed by atoms with E-state index in [2.05, 4.69) is 12.2 Å². The lowest BCUT2D eigenvalue weighted by molar-refractivity contribution is -0.0405. The molecule has 0 radical (unpaired) electrons. The Labute approximate surface area is 83.1 Å². The summed E-state index contributed by atoms with van der Waals surface area (Å²) in [6.07, 6.45) is 9.15. The Morgan fingerprint density at radius 1 is 1.43 bits per heavy atom. The first-order valence-electron chi connectivity index (χ1n) is 5.37. The van der Waals surface area contributed by atoms with E-state index in [4.69, 9.17) is 9.47 Å². The number of hydrogen-bond acceptors (Lipinski definition) is 3. The van der Waals surface area contributed by atoms with Gasteiger partial charge in [-0.15, -0.1) is 0 Å². The summed E-state index contributed by atoms with van der Waals surface area (Å²) in [4.78, 5) is 11.2. The average molecular weight is 194 g/mol. The van der Waals surface area contributed by atoms with Crippen LogP contribution in [0.3, 0.4) is 0 Å². The summed E-state index contributed by atoms with van der Waals surface area (Å²) in [6, 6.07) is 0. The first kappa shape index (κ1) is 8.33. The fourth-order valence-electron chi connectivity index (χ4n) is 3.06. The van der Waals surface area contributed by atoms with E-state index in [1.807, 2.05) is 0 Å². The van der Waals surface area contributed by atoms with Crippen molar-refractivity contribution in [1.82, 2.24) is 0 Å². The molecule has 1 spiro atoms. The number of rotatable bonds is 0. The van der Waals surface area contributed by atoms with Crippen LogP contribution in [0.1, 0.15) is 32.1 Å². The van der Waals surface area contributed by atoms with Crippen LogP contribution < -0.4 is 0 Å². The van der Waals surface area contributed by atoms with E-state index in [0.29, 0.717) is 5.92 Å². The molecule has 0 aromatic heterocycles. The molecule has 1 heterocycles. The molecule has 0 N–H and O–H groups in total. The number of carbonyl (C=O) groups is 1. The largest absolute Gasteiger partial charge is 0.509 e. The van der Waals surface area contributed by atoms with Gasteiger partial charge >= 0.3 is 6.16 Å². The van der Waals surface area contributed by atoms with E-state index >= 15 is 0 Å². The van der Waals surface area contributed by atoms with Gasteiger partial charge < -0.3 is 9.47 Å². The maximum Gasteiger partial charge on any atom is 0.509 e. The lowest BCUT2D eigenvalue weighted by Gasteiger charge is -2.41. The molecule has 0 amide bonds. The maximum absolute atomic E-state index is 11.2. The highest BCUT2D eigenvalue weighted by atomic mass is 16.8. The summed E-state index contributed by atoms with van der Waals surface area (Å²) in [7, 11) is 0. The van der Waals surface area contributed by atoms with E-state index in [-0.39, 0.29) is 11.7 Å². The molecular formula is C11H14O3. The van der Waals surface area contributed by atoms with Crippen LogP contribution in [0, 0.1) is 5.92 Å². The van der Waals surface area contributed by atoms with Gasteiger partial charge in [-0.1, -0.05) is 18.6 Å². The zero-order chi connectivity index (χ0) is 9.60. The van der Waals surface area contributed by atoms with Crippen LogP contribution in [-0.4, -0.2) is 17.9 Å². The van der Waals surface area contributed by atoms with Crippen molar-refractivity contribution < 1.29 is 14.3 Å². The van der Waals surface area contributed by atoms with Crippen molar-refractivity contribution in [2.24, 2.45) is 5.92 Å². The van der Waals surface area contributed by atoms with E-state index in [9.17, 15) is 4.79 Å². The summed E-state index contributed by atoms with van der Waals surface area (Å²) >= 11 is 0. The summed E-state index contributed by atoms with van der Waals surface area (Å²) in [6.45, 7) is 0. The SMILES string of the molecule is O=C1O[C@@H]2CC=C[C@H]3CCCC[C@]32O1. The fraction of sp³-hybridized carbons (Fsp3) is 0.727. The second-order valence-electron chi connectivity index (χ2n) is 4.43. The van der Waals surface area contributed by atoms with Gasteiger partial charge in [0.05, 0.1) is 0 Å². The first-order chi connectivity index (χ1) is 6.81. The van der Waals surface area contributed by atoms with Gasteiger partial charge in [0.2, 0.25) is 0 Å². The molecule has 76 valence electrons. The molecule has 0 aromatic carbocycles. The lowest BCUT2D eigenvalue weighted by atomic mass is 9.69. The molecule has 3 nitrogen and oxygen atoms in total. The molecule has 1 aliphatic heterocycles. The van der Waals surface area contributed by atoms with E-state index < -0.39 is 6.16 Å². The zero-order valence-electron chi connectivity index (χ0n) is 8.07. The summed E-state index contributed by atoms with van der Waals surface area (Å²) < 4.78 is 10.7. The summed E-state index contributed by atoms with van der Waals surface area (Å²) in [5.74, 6) is 0.390. The monoisotopic (exact) mass is 194 g/mol. The molecule has 1 saturated carbocycles. The molecule has 0 aromatic rings. The maximum atomic E-state index is 11.2. The van der Waals surface area contributed by atoms with E-state index in [1.165, 1.54) is 6.42 Å². The van der Waals surface area contributed by atoms with Gasteiger partial charge in [0.25, 0.3) is 0 Å². The Morgan fingerprint density at radius 3 is 3.29 bits per heavy atom. The van der Waals surface area contributed by atoms with Crippen molar-refractivity contribution >= 4 is 6.16 Å². The van der Waals surface area contributed by atoms with Gasteiger partial charge in [-0.25, -0.2) is 4.79 Å². The van der Waals surface area contributed by atoms with E-state index in [0.717, 1.165) is 25.7 Å². The Morgan fingerprint density at radius 2 is 2.36 bits per heavy atom. The number of ether oxygens (including phenoxy) is 2. The molecule has 3 atom stereocenters.